The average molecular weight is 449 g/mol. The van der Waals surface area contributed by atoms with Crippen molar-refractivity contribution in [3.8, 4) is 0 Å². The van der Waals surface area contributed by atoms with Gasteiger partial charge in [-0.3, -0.25) is 9.59 Å². The lowest BCUT2D eigenvalue weighted by Crippen LogP contribution is -2.53. The van der Waals surface area contributed by atoms with Crippen LogP contribution >= 0.6 is 0 Å². The lowest BCUT2D eigenvalue weighted by atomic mass is 9.46. The number of hydrogen-bond donors (Lipinski definition) is 2. The minimum Gasteiger partial charge on any atom is -0.481 e. The molecule has 3 aliphatic carbocycles. The fraction of sp³-hybridized carbons (Fsp3) is 0.929. The summed E-state index contributed by atoms with van der Waals surface area (Å²) in [5.41, 5.74) is -0.277. The van der Waals surface area contributed by atoms with Crippen LogP contribution in [-0.4, -0.2) is 28.1 Å². The van der Waals surface area contributed by atoms with Crippen molar-refractivity contribution in [2.45, 2.75) is 118 Å². The molecular formula is C28H48O4. The van der Waals surface area contributed by atoms with Gasteiger partial charge in [0.05, 0.1) is 6.10 Å². The fourth-order valence-corrected chi connectivity index (χ4v) is 7.99. The standard InChI is InChI=1S/C28H48O4/c1-18(2)7-6-8-19(3)20-9-10-23-22(16-26(31)32)24(12-13-27(23,4)17-20)28(5)14-11-21(29)15-25(28)30/h18-24,29H,6-17H2,1-5H3,(H,31,32). The molecule has 4 heteroatoms. The number of carbonyl (C=O) groups excluding carboxylic acids is 1. The molecule has 0 aromatic rings. The van der Waals surface area contributed by atoms with Crippen molar-refractivity contribution < 1.29 is 19.8 Å². The summed E-state index contributed by atoms with van der Waals surface area (Å²) in [6.45, 7) is 11.5. The van der Waals surface area contributed by atoms with Crippen LogP contribution < -0.4 is 0 Å². The maximum absolute atomic E-state index is 13.1. The van der Waals surface area contributed by atoms with Crippen molar-refractivity contribution in [1.29, 1.82) is 0 Å². The second kappa shape index (κ2) is 10.2. The summed E-state index contributed by atoms with van der Waals surface area (Å²) in [6, 6.07) is 0. The Kier molecular flexibility index (Phi) is 8.16. The van der Waals surface area contributed by atoms with E-state index in [4.69, 9.17) is 0 Å². The zero-order chi connectivity index (χ0) is 23.7. The first kappa shape index (κ1) is 25.7. The van der Waals surface area contributed by atoms with E-state index in [9.17, 15) is 19.8 Å². The van der Waals surface area contributed by atoms with Crippen LogP contribution in [0.5, 0.6) is 0 Å². The van der Waals surface area contributed by atoms with Gasteiger partial charge in [0.15, 0.2) is 0 Å². The number of aliphatic carboxylic acids is 1. The van der Waals surface area contributed by atoms with Crippen molar-refractivity contribution >= 4 is 11.8 Å². The molecule has 0 aliphatic heterocycles. The summed E-state index contributed by atoms with van der Waals surface area (Å²) < 4.78 is 0. The van der Waals surface area contributed by atoms with Crippen molar-refractivity contribution in [2.24, 2.45) is 46.3 Å². The second-order valence-corrected chi connectivity index (χ2v) is 12.7. The Balaban J connectivity index is 1.75. The largest absolute Gasteiger partial charge is 0.481 e. The average Bonchev–Trinajstić information content (AvgIpc) is 2.69. The number of aliphatic hydroxyl groups is 1. The highest BCUT2D eigenvalue weighted by atomic mass is 16.4. The predicted octanol–water partition coefficient (Wildman–Crippen LogP) is 6.49. The summed E-state index contributed by atoms with van der Waals surface area (Å²) in [6.07, 6.45) is 10.8. The van der Waals surface area contributed by atoms with Crippen LogP contribution in [0.1, 0.15) is 112 Å². The monoisotopic (exact) mass is 448 g/mol. The van der Waals surface area contributed by atoms with E-state index in [-0.39, 0.29) is 35.9 Å². The van der Waals surface area contributed by atoms with Gasteiger partial charge in [-0.1, -0.05) is 53.9 Å². The summed E-state index contributed by atoms with van der Waals surface area (Å²) in [5, 5.41) is 19.8. The van der Waals surface area contributed by atoms with Crippen LogP contribution in [0.15, 0.2) is 0 Å². The Morgan fingerprint density at radius 2 is 1.75 bits per heavy atom. The number of Topliss-reactive ketones (excluding diaryl/α,β-unsaturated/α-hetero) is 1. The fourth-order valence-electron chi connectivity index (χ4n) is 7.99. The molecule has 8 unspecified atom stereocenters. The van der Waals surface area contributed by atoms with Gasteiger partial charge in [-0.2, -0.15) is 0 Å². The van der Waals surface area contributed by atoms with Gasteiger partial charge >= 0.3 is 5.97 Å². The van der Waals surface area contributed by atoms with E-state index in [0.29, 0.717) is 18.8 Å². The molecule has 2 N–H and O–H groups in total. The number of carboxylic acid groups (broad SMARTS) is 1. The van der Waals surface area contributed by atoms with Gasteiger partial charge in [0.2, 0.25) is 0 Å². The van der Waals surface area contributed by atoms with Crippen molar-refractivity contribution in [1.82, 2.24) is 0 Å². The van der Waals surface area contributed by atoms with Gasteiger partial charge in [0, 0.05) is 18.3 Å². The number of fused-ring (bicyclic) bond motifs is 1. The maximum Gasteiger partial charge on any atom is 0.303 e. The molecule has 0 saturated heterocycles. The summed E-state index contributed by atoms with van der Waals surface area (Å²) in [4.78, 5) is 25.0. The van der Waals surface area contributed by atoms with E-state index >= 15 is 0 Å². The first-order valence-electron chi connectivity index (χ1n) is 13.4. The maximum atomic E-state index is 13.1. The second-order valence-electron chi connectivity index (χ2n) is 12.7. The third-order valence-corrected chi connectivity index (χ3v) is 10.1. The normalized spacial score (nSPS) is 41.3. The number of carboxylic acids is 1. The van der Waals surface area contributed by atoms with E-state index in [1.165, 1.54) is 32.1 Å². The molecule has 0 aromatic carbocycles. The van der Waals surface area contributed by atoms with Crippen molar-refractivity contribution in [3.63, 3.8) is 0 Å². The van der Waals surface area contributed by atoms with E-state index in [1.54, 1.807) is 0 Å². The minimum absolute atomic E-state index is 0.0765. The summed E-state index contributed by atoms with van der Waals surface area (Å²) >= 11 is 0. The molecule has 8 atom stereocenters. The van der Waals surface area contributed by atoms with Crippen molar-refractivity contribution in [2.75, 3.05) is 0 Å². The quantitative estimate of drug-likeness (QED) is 0.445. The molecule has 32 heavy (non-hydrogen) atoms. The predicted molar refractivity (Wildman–Crippen MR) is 128 cm³/mol. The van der Waals surface area contributed by atoms with Crippen LogP contribution in [-0.2, 0) is 9.59 Å². The van der Waals surface area contributed by atoms with Gasteiger partial charge in [-0.25, -0.2) is 0 Å². The van der Waals surface area contributed by atoms with Gasteiger partial charge < -0.3 is 10.2 Å². The van der Waals surface area contributed by atoms with E-state index in [0.717, 1.165) is 37.0 Å². The number of ketones is 1. The Morgan fingerprint density at radius 1 is 1.03 bits per heavy atom. The third-order valence-electron chi connectivity index (χ3n) is 10.1. The lowest BCUT2D eigenvalue weighted by molar-refractivity contribution is -0.155. The van der Waals surface area contributed by atoms with Crippen LogP contribution in [0, 0.1) is 46.3 Å². The SMILES string of the molecule is CC(C)CCCC(C)C1CCC2C(CC(=O)O)C(C3(C)CCC(O)CC3=O)CCC2(C)C1. The molecule has 0 aromatic heterocycles. The first-order valence-corrected chi connectivity index (χ1v) is 13.4. The highest BCUT2D eigenvalue weighted by Gasteiger charge is 2.56. The molecule has 0 heterocycles. The molecule has 0 amide bonds. The number of rotatable bonds is 8. The van der Waals surface area contributed by atoms with Crippen LogP contribution in [0.25, 0.3) is 0 Å². The molecular weight excluding hydrogens is 400 g/mol. The third kappa shape index (κ3) is 5.42. The smallest absolute Gasteiger partial charge is 0.303 e. The zero-order valence-electron chi connectivity index (χ0n) is 21.2. The summed E-state index contributed by atoms with van der Waals surface area (Å²) in [7, 11) is 0. The molecule has 3 rings (SSSR count). The minimum atomic E-state index is -0.722. The first-order chi connectivity index (χ1) is 15.0. The number of aliphatic hydroxyl groups excluding tert-OH is 1. The number of carbonyl (C=O) groups is 2. The highest BCUT2D eigenvalue weighted by Crippen LogP contribution is 2.61. The Hall–Kier alpha value is -0.900. The van der Waals surface area contributed by atoms with Gasteiger partial charge in [-0.15, -0.1) is 0 Å². The Labute approximate surface area is 195 Å². The van der Waals surface area contributed by atoms with Gasteiger partial charge in [-0.05, 0) is 85.9 Å². The van der Waals surface area contributed by atoms with E-state index in [1.807, 2.05) is 0 Å². The van der Waals surface area contributed by atoms with E-state index in [2.05, 4.69) is 34.6 Å². The Bertz CT molecular complexity index is 672. The molecule has 3 fully saturated rings. The molecule has 0 bridgehead atoms. The molecule has 0 radical (unpaired) electrons. The Morgan fingerprint density at radius 3 is 2.38 bits per heavy atom. The van der Waals surface area contributed by atoms with E-state index < -0.39 is 17.5 Å². The molecule has 3 saturated carbocycles. The zero-order valence-corrected chi connectivity index (χ0v) is 21.2. The summed E-state index contributed by atoms with van der Waals surface area (Å²) in [5.74, 6) is 2.30. The van der Waals surface area contributed by atoms with Crippen LogP contribution in [0.2, 0.25) is 0 Å². The molecule has 0 spiro atoms. The van der Waals surface area contributed by atoms with Crippen molar-refractivity contribution in [3.05, 3.63) is 0 Å². The van der Waals surface area contributed by atoms with Gasteiger partial charge in [0.25, 0.3) is 0 Å². The highest BCUT2D eigenvalue weighted by molar-refractivity contribution is 5.86. The van der Waals surface area contributed by atoms with Crippen LogP contribution in [0.3, 0.4) is 0 Å². The van der Waals surface area contributed by atoms with Gasteiger partial charge in [0.1, 0.15) is 5.78 Å². The molecule has 3 aliphatic rings. The lowest BCUT2D eigenvalue weighted by Gasteiger charge is -2.58. The number of hydrogen-bond acceptors (Lipinski definition) is 3. The van der Waals surface area contributed by atoms with Crippen LogP contribution in [0.4, 0.5) is 0 Å². The topological polar surface area (TPSA) is 74.6 Å². The molecule has 4 nitrogen and oxygen atoms in total. The molecule has 184 valence electrons.